The second-order valence-corrected chi connectivity index (χ2v) is 3.75. The van der Waals surface area contributed by atoms with Crippen molar-refractivity contribution in [2.45, 2.75) is 33.0 Å². The van der Waals surface area contributed by atoms with Gasteiger partial charge in [-0.25, -0.2) is 0 Å². The Hall–Kier alpha value is -1.35. The molecule has 0 unspecified atom stereocenters. The smallest absolute Gasteiger partial charge is 0.302 e. The molecule has 0 fully saturated rings. The normalized spacial score (nSPS) is 12.1. The van der Waals surface area contributed by atoms with Gasteiger partial charge in [-0.2, -0.15) is 0 Å². The monoisotopic (exact) mass is 222 g/mol. The summed E-state index contributed by atoms with van der Waals surface area (Å²) in [6, 6.07) is 10.00. The van der Waals surface area contributed by atoms with Gasteiger partial charge in [-0.1, -0.05) is 30.3 Å². The summed E-state index contributed by atoms with van der Waals surface area (Å²) < 4.78 is 10.5. The van der Waals surface area contributed by atoms with Crippen LogP contribution in [0.5, 0.6) is 0 Å². The minimum Gasteiger partial charge on any atom is -0.463 e. The predicted octanol–water partition coefficient (Wildman–Crippen LogP) is 2.54. The van der Waals surface area contributed by atoms with Crippen molar-refractivity contribution < 1.29 is 14.3 Å². The minimum atomic E-state index is -0.240. The molecule has 1 aromatic carbocycles. The Morgan fingerprint density at radius 1 is 1.31 bits per heavy atom. The van der Waals surface area contributed by atoms with Crippen molar-refractivity contribution in [3.8, 4) is 0 Å². The van der Waals surface area contributed by atoms with Gasteiger partial charge >= 0.3 is 5.97 Å². The highest BCUT2D eigenvalue weighted by atomic mass is 16.5. The molecule has 0 spiro atoms. The predicted molar refractivity (Wildman–Crippen MR) is 61.9 cm³/mol. The molecule has 1 rings (SSSR count). The van der Waals surface area contributed by atoms with Crippen LogP contribution < -0.4 is 0 Å². The van der Waals surface area contributed by atoms with Crippen LogP contribution in [0.1, 0.15) is 25.8 Å². The van der Waals surface area contributed by atoms with Crippen molar-refractivity contribution in [1.29, 1.82) is 0 Å². The molecule has 0 aromatic heterocycles. The van der Waals surface area contributed by atoms with Crippen LogP contribution in [0.3, 0.4) is 0 Å². The maximum atomic E-state index is 10.6. The third kappa shape index (κ3) is 5.51. The van der Waals surface area contributed by atoms with Crippen LogP contribution in [0.2, 0.25) is 0 Å². The van der Waals surface area contributed by atoms with Crippen LogP contribution >= 0.6 is 0 Å². The first-order valence-corrected chi connectivity index (χ1v) is 5.47. The van der Waals surface area contributed by atoms with E-state index >= 15 is 0 Å². The van der Waals surface area contributed by atoms with Crippen molar-refractivity contribution in [3.63, 3.8) is 0 Å². The van der Waals surface area contributed by atoms with E-state index in [9.17, 15) is 4.79 Å². The molecule has 0 N–H and O–H groups in total. The van der Waals surface area contributed by atoms with E-state index in [2.05, 4.69) is 0 Å². The van der Waals surface area contributed by atoms with Crippen LogP contribution in [0.15, 0.2) is 30.3 Å². The molecule has 0 aliphatic heterocycles. The first-order valence-electron chi connectivity index (χ1n) is 5.47. The van der Waals surface area contributed by atoms with E-state index in [1.165, 1.54) is 6.92 Å². The largest absolute Gasteiger partial charge is 0.463 e. The third-order valence-electron chi connectivity index (χ3n) is 2.15. The molecule has 0 amide bonds. The van der Waals surface area contributed by atoms with E-state index in [4.69, 9.17) is 9.47 Å². The fourth-order valence-corrected chi connectivity index (χ4v) is 1.36. The zero-order valence-corrected chi connectivity index (χ0v) is 9.81. The maximum absolute atomic E-state index is 10.6. The number of hydrogen-bond donors (Lipinski definition) is 0. The molecule has 3 nitrogen and oxygen atoms in total. The summed E-state index contributed by atoms with van der Waals surface area (Å²) in [4.78, 5) is 10.6. The van der Waals surface area contributed by atoms with E-state index < -0.39 is 0 Å². The molecule has 3 heteroatoms. The average molecular weight is 222 g/mol. The number of esters is 1. The molecule has 16 heavy (non-hydrogen) atoms. The number of carbonyl (C=O) groups is 1. The lowest BCUT2D eigenvalue weighted by Gasteiger charge is -2.11. The third-order valence-corrected chi connectivity index (χ3v) is 2.15. The average Bonchev–Trinajstić information content (AvgIpc) is 2.25. The van der Waals surface area contributed by atoms with Crippen molar-refractivity contribution in [1.82, 2.24) is 0 Å². The lowest BCUT2D eigenvalue weighted by atomic mass is 10.2. The van der Waals surface area contributed by atoms with Gasteiger partial charge in [0.25, 0.3) is 0 Å². The minimum absolute atomic E-state index is 0.0757. The van der Waals surface area contributed by atoms with Crippen molar-refractivity contribution >= 4 is 5.97 Å². The quantitative estimate of drug-likeness (QED) is 0.548. The molecular formula is C13H18O3. The second-order valence-electron chi connectivity index (χ2n) is 3.75. The van der Waals surface area contributed by atoms with Gasteiger partial charge in [-0.3, -0.25) is 4.79 Å². The van der Waals surface area contributed by atoms with E-state index in [1.807, 2.05) is 37.3 Å². The van der Waals surface area contributed by atoms with Gasteiger partial charge in [0.05, 0.1) is 13.2 Å². The molecule has 1 atom stereocenters. The lowest BCUT2D eigenvalue weighted by molar-refractivity contribution is -0.146. The fraction of sp³-hybridized carbons (Fsp3) is 0.462. The first kappa shape index (κ1) is 12.7. The van der Waals surface area contributed by atoms with Gasteiger partial charge < -0.3 is 9.47 Å². The van der Waals surface area contributed by atoms with Gasteiger partial charge in [-0.05, 0) is 12.5 Å². The molecule has 0 aliphatic rings. The Kier molecular flexibility index (Phi) is 5.57. The first-order chi connectivity index (χ1) is 7.68. The fourth-order valence-electron chi connectivity index (χ4n) is 1.36. The van der Waals surface area contributed by atoms with E-state index in [-0.39, 0.29) is 12.1 Å². The van der Waals surface area contributed by atoms with Crippen LogP contribution in [0.4, 0.5) is 0 Å². The molecule has 0 aliphatic carbocycles. The summed E-state index contributed by atoms with van der Waals surface area (Å²) in [6.07, 6.45) is 0.653. The highest BCUT2D eigenvalue weighted by molar-refractivity contribution is 5.66. The summed E-state index contributed by atoms with van der Waals surface area (Å²) in [5, 5.41) is 0. The molecule has 0 bridgehead atoms. The highest BCUT2D eigenvalue weighted by Crippen LogP contribution is 2.03. The number of carbonyl (C=O) groups excluding carboxylic acids is 1. The summed E-state index contributed by atoms with van der Waals surface area (Å²) in [5.41, 5.74) is 1.16. The Morgan fingerprint density at radius 3 is 2.62 bits per heavy atom. The Labute approximate surface area is 96.4 Å². The van der Waals surface area contributed by atoms with Crippen LogP contribution in [-0.4, -0.2) is 18.7 Å². The van der Waals surface area contributed by atoms with E-state index in [0.717, 1.165) is 12.0 Å². The highest BCUT2D eigenvalue weighted by Gasteiger charge is 2.04. The zero-order chi connectivity index (χ0) is 11.8. The Bertz CT molecular complexity index is 308. The SMILES string of the molecule is CC(=O)O[C@H](C)CCOCc1ccccc1. The summed E-state index contributed by atoms with van der Waals surface area (Å²) >= 11 is 0. The van der Waals surface area contributed by atoms with Gasteiger partial charge in [0.2, 0.25) is 0 Å². The number of ether oxygens (including phenoxy) is 2. The van der Waals surface area contributed by atoms with Crippen LogP contribution in [0.25, 0.3) is 0 Å². The molecule has 88 valence electrons. The summed E-state index contributed by atoms with van der Waals surface area (Å²) in [6.45, 7) is 4.49. The molecule has 0 radical (unpaired) electrons. The molecule has 0 saturated carbocycles. The van der Waals surface area contributed by atoms with Crippen molar-refractivity contribution in [2.75, 3.05) is 6.61 Å². The van der Waals surface area contributed by atoms with E-state index in [1.54, 1.807) is 0 Å². The standard InChI is InChI=1S/C13H18O3/c1-11(16-12(2)14)8-9-15-10-13-6-4-3-5-7-13/h3-7,11H,8-10H2,1-2H3/t11-/m1/s1. The maximum Gasteiger partial charge on any atom is 0.302 e. The van der Waals surface area contributed by atoms with Gasteiger partial charge in [0.15, 0.2) is 0 Å². The molecule has 1 aromatic rings. The number of rotatable bonds is 6. The van der Waals surface area contributed by atoms with Gasteiger partial charge in [-0.15, -0.1) is 0 Å². The summed E-state index contributed by atoms with van der Waals surface area (Å²) in [5.74, 6) is -0.240. The van der Waals surface area contributed by atoms with Crippen molar-refractivity contribution in [3.05, 3.63) is 35.9 Å². The molecule has 0 heterocycles. The number of benzene rings is 1. The molecule has 0 saturated heterocycles. The van der Waals surface area contributed by atoms with Crippen molar-refractivity contribution in [2.24, 2.45) is 0 Å². The lowest BCUT2D eigenvalue weighted by Crippen LogP contribution is -2.14. The molecular weight excluding hydrogens is 204 g/mol. The van der Waals surface area contributed by atoms with Gasteiger partial charge in [0, 0.05) is 13.3 Å². The number of hydrogen-bond acceptors (Lipinski definition) is 3. The second kappa shape index (κ2) is 7.01. The Balaban J connectivity index is 2.10. The van der Waals surface area contributed by atoms with Crippen LogP contribution in [0, 0.1) is 0 Å². The topological polar surface area (TPSA) is 35.5 Å². The Morgan fingerprint density at radius 2 is 2.00 bits per heavy atom. The van der Waals surface area contributed by atoms with E-state index in [0.29, 0.717) is 13.2 Å². The van der Waals surface area contributed by atoms with Gasteiger partial charge in [0.1, 0.15) is 6.10 Å². The zero-order valence-electron chi connectivity index (χ0n) is 9.81. The van der Waals surface area contributed by atoms with Crippen LogP contribution in [-0.2, 0) is 20.9 Å². The summed E-state index contributed by atoms with van der Waals surface area (Å²) in [7, 11) is 0.